The molecule has 0 fully saturated rings. The molecule has 0 aliphatic carbocycles. The summed E-state index contributed by atoms with van der Waals surface area (Å²) in [6.07, 6.45) is 3.97. The Morgan fingerprint density at radius 2 is 2.25 bits per heavy atom. The predicted octanol–water partition coefficient (Wildman–Crippen LogP) is 1.01. The molecule has 0 aliphatic heterocycles. The summed E-state index contributed by atoms with van der Waals surface area (Å²) in [7, 11) is -2.97. The lowest BCUT2D eigenvalue weighted by atomic mass is 10.6. The average Bonchev–Trinajstić information content (AvgIpc) is 2.53. The zero-order chi connectivity index (χ0) is 12.2. The van der Waals surface area contributed by atoms with Gasteiger partial charge in [0.25, 0.3) is 0 Å². The lowest BCUT2D eigenvalue weighted by Gasteiger charge is -2.03. The van der Waals surface area contributed by atoms with Crippen LogP contribution in [0.4, 0.5) is 5.82 Å². The number of sulfone groups is 1. The second-order valence-corrected chi connectivity index (χ2v) is 6.99. The molecule has 0 atom stereocenters. The van der Waals surface area contributed by atoms with Crippen LogP contribution in [0, 0.1) is 0 Å². The molecule has 0 saturated heterocycles. The quantitative estimate of drug-likeness (QED) is 0.775. The molecule has 1 aromatic rings. The van der Waals surface area contributed by atoms with Gasteiger partial charge < -0.3 is 5.73 Å². The van der Waals surface area contributed by atoms with Crippen LogP contribution in [0.2, 0.25) is 0 Å². The number of anilines is 1. The maximum Gasteiger partial charge on any atom is 0.149 e. The molecule has 0 spiro atoms. The topological polar surface area (TPSA) is 78.0 Å². The van der Waals surface area contributed by atoms with Crippen molar-refractivity contribution in [1.82, 2.24) is 9.78 Å². The van der Waals surface area contributed by atoms with Crippen molar-refractivity contribution in [2.75, 3.05) is 23.5 Å². The van der Waals surface area contributed by atoms with Crippen molar-refractivity contribution >= 4 is 27.4 Å². The van der Waals surface area contributed by atoms with Gasteiger partial charge in [-0.1, -0.05) is 6.92 Å². The van der Waals surface area contributed by atoms with Crippen LogP contribution >= 0.6 is 11.8 Å². The highest BCUT2D eigenvalue weighted by molar-refractivity contribution is 7.99. The van der Waals surface area contributed by atoms with Crippen molar-refractivity contribution in [3.05, 3.63) is 6.20 Å². The SMILES string of the molecule is CCCSc1cnn(CCS(C)(=O)=O)c1N. The highest BCUT2D eigenvalue weighted by Gasteiger charge is 2.09. The zero-order valence-electron chi connectivity index (χ0n) is 9.51. The minimum absolute atomic E-state index is 0.0662. The molecule has 2 N–H and O–H groups in total. The van der Waals surface area contributed by atoms with Gasteiger partial charge in [0, 0.05) is 6.26 Å². The van der Waals surface area contributed by atoms with E-state index in [0.29, 0.717) is 12.4 Å². The number of nitrogen functional groups attached to an aromatic ring is 1. The van der Waals surface area contributed by atoms with Crippen molar-refractivity contribution in [3.63, 3.8) is 0 Å². The Balaban J connectivity index is 2.65. The largest absolute Gasteiger partial charge is 0.383 e. The number of aromatic nitrogens is 2. The fourth-order valence-electron chi connectivity index (χ4n) is 1.13. The molecule has 7 heteroatoms. The molecule has 0 unspecified atom stereocenters. The van der Waals surface area contributed by atoms with Crippen molar-refractivity contribution < 1.29 is 8.42 Å². The molecule has 0 aromatic carbocycles. The van der Waals surface area contributed by atoms with Gasteiger partial charge in [-0.05, 0) is 12.2 Å². The lowest BCUT2D eigenvalue weighted by molar-refractivity contribution is 0.587. The van der Waals surface area contributed by atoms with E-state index >= 15 is 0 Å². The molecular formula is C9H17N3O2S2. The van der Waals surface area contributed by atoms with E-state index in [0.717, 1.165) is 17.1 Å². The summed E-state index contributed by atoms with van der Waals surface area (Å²) in [6, 6.07) is 0. The third-order valence-corrected chi connectivity index (χ3v) is 4.14. The monoisotopic (exact) mass is 263 g/mol. The number of hydrogen-bond acceptors (Lipinski definition) is 5. The van der Waals surface area contributed by atoms with E-state index in [9.17, 15) is 8.42 Å². The van der Waals surface area contributed by atoms with Gasteiger partial charge in [0.1, 0.15) is 15.7 Å². The summed E-state index contributed by atoms with van der Waals surface area (Å²) >= 11 is 1.64. The zero-order valence-corrected chi connectivity index (χ0v) is 11.1. The highest BCUT2D eigenvalue weighted by Crippen LogP contribution is 2.24. The van der Waals surface area contributed by atoms with E-state index in [-0.39, 0.29) is 5.75 Å². The first-order valence-corrected chi connectivity index (χ1v) is 8.10. The molecule has 92 valence electrons. The second-order valence-electron chi connectivity index (χ2n) is 3.60. The molecule has 1 rings (SSSR count). The Morgan fingerprint density at radius 1 is 1.56 bits per heavy atom. The summed E-state index contributed by atoms with van der Waals surface area (Å²) < 4.78 is 23.6. The summed E-state index contributed by atoms with van der Waals surface area (Å²) in [4.78, 5) is 0.926. The fraction of sp³-hybridized carbons (Fsp3) is 0.667. The van der Waals surface area contributed by atoms with Gasteiger partial charge in [0.2, 0.25) is 0 Å². The Hall–Kier alpha value is -0.690. The van der Waals surface area contributed by atoms with Gasteiger partial charge in [-0.15, -0.1) is 11.8 Å². The molecule has 1 aromatic heterocycles. The standard InChI is InChI=1S/C9H17N3O2S2/c1-3-5-15-8-7-11-12(9(8)10)4-6-16(2,13)14/h7H,3-6,10H2,1-2H3. The first kappa shape index (κ1) is 13.4. The summed E-state index contributed by atoms with van der Waals surface area (Å²) in [6.45, 7) is 2.41. The lowest BCUT2D eigenvalue weighted by Crippen LogP contribution is -2.13. The Kier molecular flexibility index (Phi) is 4.67. The smallest absolute Gasteiger partial charge is 0.149 e. The number of nitrogens with zero attached hydrogens (tertiary/aromatic N) is 2. The van der Waals surface area contributed by atoms with E-state index in [1.165, 1.54) is 6.26 Å². The van der Waals surface area contributed by atoms with E-state index in [1.807, 2.05) is 0 Å². The van der Waals surface area contributed by atoms with Gasteiger partial charge >= 0.3 is 0 Å². The van der Waals surface area contributed by atoms with E-state index in [1.54, 1.807) is 22.6 Å². The van der Waals surface area contributed by atoms with Crippen LogP contribution in [0.5, 0.6) is 0 Å². The van der Waals surface area contributed by atoms with Crippen LogP contribution in [0.1, 0.15) is 13.3 Å². The van der Waals surface area contributed by atoms with Crippen molar-refractivity contribution in [1.29, 1.82) is 0 Å². The van der Waals surface area contributed by atoms with Crippen LogP contribution < -0.4 is 5.73 Å². The molecule has 5 nitrogen and oxygen atoms in total. The van der Waals surface area contributed by atoms with Crippen molar-refractivity contribution in [2.45, 2.75) is 24.8 Å². The molecule has 0 amide bonds. The van der Waals surface area contributed by atoms with E-state index in [4.69, 9.17) is 5.73 Å². The summed E-state index contributed by atoms with van der Waals surface area (Å²) in [5, 5.41) is 4.08. The van der Waals surface area contributed by atoms with Crippen LogP contribution in [-0.2, 0) is 16.4 Å². The molecule has 0 radical (unpaired) electrons. The molecular weight excluding hydrogens is 246 g/mol. The van der Waals surface area contributed by atoms with Gasteiger partial charge in [-0.25, -0.2) is 13.1 Å². The third-order valence-electron chi connectivity index (χ3n) is 1.98. The molecule has 16 heavy (non-hydrogen) atoms. The normalized spacial score (nSPS) is 11.9. The highest BCUT2D eigenvalue weighted by atomic mass is 32.2. The van der Waals surface area contributed by atoms with Gasteiger partial charge in [-0.2, -0.15) is 5.10 Å². The van der Waals surface area contributed by atoms with Gasteiger partial charge in [-0.3, -0.25) is 0 Å². The summed E-state index contributed by atoms with van der Waals surface area (Å²) in [5.41, 5.74) is 5.86. The molecule has 1 heterocycles. The number of aryl methyl sites for hydroxylation is 1. The maximum absolute atomic E-state index is 11.0. The van der Waals surface area contributed by atoms with Crippen LogP contribution in [-0.4, -0.2) is 36.0 Å². The molecule has 0 saturated carbocycles. The number of rotatable bonds is 6. The Bertz CT molecular complexity index is 440. The van der Waals surface area contributed by atoms with Crippen molar-refractivity contribution in [3.8, 4) is 0 Å². The van der Waals surface area contributed by atoms with Gasteiger partial charge in [0.15, 0.2) is 0 Å². The predicted molar refractivity (Wildman–Crippen MR) is 67.4 cm³/mol. The van der Waals surface area contributed by atoms with Gasteiger partial charge in [0.05, 0.1) is 23.4 Å². The first-order valence-electron chi connectivity index (χ1n) is 5.06. The fourth-order valence-corrected chi connectivity index (χ4v) is 2.43. The maximum atomic E-state index is 11.0. The number of hydrogen-bond donors (Lipinski definition) is 1. The van der Waals surface area contributed by atoms with Crippen molar-refractivity contribution in [2.24, 2.45) is 0 Å². The molecule has 0 aliphatic rings. The third kappa shape index (κ3) is 4.05. The minimum atomic E-state index is -2.97. The number of nitrogens with two attached hydrogens (primary N) is 1. The summed E-state index contributed by atoms with van der Waals surface area (Å²) in [5.74, 6) is 1.61. The second kappa shape index (κ2) is 5.58. The minimum Gasteiger partial charge on any atom is -0.383 e. The van der Waals surface area contributed by atoms with Crippen LogP contribution in [0.3, 0.4) is 0 Å². The first-order chi connectivity index (χ1) is 7.44. The van der Waals surface area contributed by atoms with E-state index in [2.05, 4.69) is 12.0 Å². The van der Waals surface area contributed by atoms with Crippen LogP contribution in [0.25, 0.3) is 0 Å². The average molecular weight is 263 g/mol. The Labute approximate surface area is 100 Å². The molecule has 0 bridgehead atoms. The number of thioether (sulfide) groups is 1. The Morgan fingerprint density at radius 3 is 2.81 bits per heavy atom. The van der Waals surface area contributed by atoms with E-state index < -0.39 is 9.84 Å². The van der Waals surface area contributed by atoms with Crippen LogP contribution in [0.15, 0.2) is 11.1 Å².